The minimum atomic E-state index is -0.385. The topological polar surface area (TPSA) is 35.5 Å². The van der Waals surface area contributed by atoms with Crippen molar-refractivity contribution in [2.45, 2.75) is 12.3 Å². The molecule has 0 aliphatic rings. The Labute approximate surface area is 129 Å². The molecule has 110 valence electrons. The molecular formula is C17H17ClO3. The molecule has 0 amide bonds. The van der Waals surface area contributed by atoms with Crippen molar-refractivity contribution in [2.24, 2.45) is 0 Å². The van der Waals surface area contributed by atoms with Crippen LogP contribution in [0.2, 0.25) is 0 Å². The van der Waals surface area contributed by atoms with Crippen LogP contribution in [0.1, 0.15) is 17.0 Å². The van der Waals surface area contributed by atoms with E-state index >= 15 is 0 Å². The summed E-state index contributed by atoms with van der Waals surface area (Å²) in [6.07, 6.45) is 0.534. The van der Waals surface area contributed by atoms with Crippen molar-refractivity contribution in [3.8, 4) is 11.5 Å². The van der Waals surface area contributed by atoms with Gasteiger partial charge < -0.3 is 9.47 Å². The monoisotopic (exact) mass is 304 g/mol. The molecule has 0 radical (unpaired) electrons. The quantitative estimate of drug-likeness (QED) is 0.762. The van der Waals surface area contributed by atoms with Crippen LogP contribution < -0.4 is 9.47 Å². The smallest absolute Gasteiger partial charge is 0.229 e. The molecule has 0 aromatic heterocycles. The van der Waals surface area contributed by atoms with Gasteiger partial charge in [-0.25, -0.2) is 0 Å². The Morgan fingerprint density at radius 3 is 2.29 bits per heavy atom. The lowest BCUT2D eigenvalue weighted by atomic mass is 9.93. The third kappa shape index (κ3) is 3.99. The number of benzene rings is 2. The summed E-state index contributed by atoms with van der Waals surface area (Å²) < 4.78 is 10.3. The van der Waals surface area contributed by atoms with Crippen LogP contribution in [0, 0.1) is 0 Å². The number of methoxy groups -OCH3 is 2. The predicted molar refractivity (Wildman–Crippen MR) is 83.3 cm³/mol. The first-order valence-electron chi connectivity index (χ1n) is 6.60. The fourth-order valence-electron chi connectivity index (χ4n) is 2.20. The van der Waals surface area contributed by atoms with Crippen molar-refractivity contribution in [3.05, 3.63) is 59.7 Å². The first-order valence-corrected chi connectivity index (χ1v) is 6.98. The Hall–Kier alpha value is -2.00. The van der Waals surface area contributed by atoms with Crippen molar-refractivity contribution in [1.29, 1.82) is 0 Å². The summed E-state index contributed by atoms with van der Waals surface area (Å²) in [4.78, 5) is 11.8. The van der Waals surface area contributed by atoms with Crippen LogP contribution in [-0.2, 0) is 11.2 Å². The second-order valence-electron chi connectivity index (χ2n) is 4.69. The summed E-state index contributed by atoms with van der Waals surface area (Å²) in [5.74, 6) is 1.13. The molecule has 21 heavy (non-hydrogen) atoms. The summed E-state index contributed by atoms with van der Waals surface area (Å²) in [7, 11) is 3.22. The van der Waals surface area contributed by atoms with Gasteiger partial charge in [0.25, 0.3) is 0 Å². The second kappa shape index (κ2) is 7.14. The fraction of sp³-hybridized carbons (Fsp3) is 0.235. The molecule has 0 fully saturated rings. The number of rotatable bonds is 6. The zero-order chi connectivity index (χ0) is 15.2. The molecule has 0 saturated heterocycles. The van der Waals surface area contributed by atoms with E-state index in [0.29, 0.717) is 6.42 Å². The van der Waals surface area contributed by atoms with E-state index in [1.54, 1.807) is 14.2 Å². The predicted octanol–water partition coefficient (Wildman–Crippen LogP) is 3.80. The lowest BCUT2D eigenvalue weighted by Gasteiger charge is -2.14. The Bertz CT molecular complexity index is 608. The number of hydrogen-bond donors (Lipinski definition) is 0. The summed E-state index contributed by atoms with van der Waals surface area (Å²) in [6, 6.07) is 15.0. The fourth-order valence-corrected chi connectivity index (χ4v) is 2.40. The SMILES string of the molecule is COc1ccc([C@H](Cc2cccc(OC)c2)C(=O)Cl)cc1. The molecule has 4 heteroatoms. The van der Waals surface area contributed by atoms with Gasteiger partial charge in [0.1, 0.15) is 11.5 Å². The molecule has 0 N–H and O–H groups in total. The molecule has 0 heterocycles. The Morgan fingerprint density at radius 1 is 1.05 bits per heavy atom. The highest BCUT2D eigenvalue weighted by molar-refractivity contribution is 6.64. The van der Waals surface area contributed by atoms with Crippen molar-refractivity contribution in [3.63, 3.8) is 0 Å². The number of carbonyl (C=O) groups is 1. The van der Waals surface area contributed by atoms with Gasteiger partial charge in [0, 0.05) is 0 Å². The van der Waals surface area contributed by atoms with Gasteiger partial charge >= 0.3 is 0 Å². The van der Waals surface area contributed by atoms with E-state index < -0.39 is 0 Å². The average Bonchev–Trinajstić information content (AvgIpc) is 2.52. The lowest BCUT2D eigenvalue weighted by Crippen LogP contribution is -2.10. The third-order valence-corrected chi connectivity index (χ3v) is 3.63. The number of carbonyl (C=O) groups excluding carboxylic acids is 1. The van der Waals surface area contributed by atoms with Crippen molar-refractivity contribution in [2.75, 3.05) is 14.2 Å². The van der Waals surface area contributed by atoms with Crippen LogP contribution in [0.3, 0.4) is 0 Å². The van der Waals surface area contributed by atoms with Gasteiger partial charge in [0.05, 0.1) is 20.1 Å². The summed E-state index contributed by atoms with van der Waals surface area (Å²) in [5.41, 5.74) is 1.88. The van der Waals surface area contributed by atoms with Crippen LogP contribution in [-0.4, -0.2) is 19.5 Å². The summed E-state index contributed by atoms with van der Waals surface area (Å²) in [6.45, 7) is 0. The molecule has 0 bridgehead atoms. The first kappa shape index (κ1) is 15.4. The van der Waals surface area contributed by atoms with E-state index in [-0.39, 0.29) is 11.2 Å². The Morgan fingerprint density at radius 2 is 1.71 bits per heavy atom. The normalized spacial score (nSPS) is 11.8. The number of hydrogen-bond acceptors (Lipinski definition) is 3. The van der Waals surface area contributed by atoms with Crippen molar-refractivity contribution >= 4 is 16.8 Å². The summed E-state index contributed by atoms with van der Waals surface area (Å²) in [5, 5.41) is -0.372. The third-order valence-electron chi connectivity index (χ3n) is 3.37. The van der Waals surface area contributed by atoms with E-state index in [0.717, 1.165) is 22.6 Å². The van der Waals surface area contributed by atoms with Gasteiger partial charge in [-0.2, -0.15) is 0 Å². The molecule has 3 nitrogen and oxygen atoms in total. The molecule has 0 aliphatic carbocycles. The van der Waals surface area contributed by atoms with Gasteiger partial charge in [-0.1, -0.05) is 24.3 Å². The van der Waals surface area contributed by atoms with E-state index in [2.05, 4.69) is 0 Å². The minimum Gasteiger partial charge on any atom is -0.497 e. The molecule has 0 saturated carbocycles. The van der Waals surface area contributed by atoms with E-state index in [1.807, 2.05) is 48.5 Å². The first-order chi connectivity index (χ1) is 10.1. The average molecular weight is 305 g/mol. The number of ether oxygens (including phenoxy) is 2. The zero-order valence-corrected chi connectivity index (χ0v) is 12.8. The maximum atomic E-state index is 11.8. The van der Waals surface area contributed by atoms with Crippen LogP contribution in [0.15, 0.2) is 48.5 Å². The molecule has 2 aromatic carbocycles. The van der Waals surface area contributed by atoms with E-state index in [9.17, 15) is 4.79 Å². The minimum absolute atomic E-state index is 0.372. The van der Waals surface area contributed by atoms with Gasteiger partial charge in [-0.15, -0.1) is 0 Å². The van der Waals surface area contributed by atoms with Crippen LogP contribution >= 0.6 is 11.6 Å². The molecule has 0 aliphatic heterocycles. The second-order valence-corrected chi connectivity index (χ2v) is 5.06. The molecule has 2 aromatic rings. The highest BCUT2D eigenvalue weighted by Crippen LogP contribution is 2.26. The molecular weight excluding hydrogens is 288 g/mol. The Balaban J connectivity index is 2.23. The van der Waals surface area contributed by atoms with E-state index in [4.69, 9.17) is 21.1 Å². The zero-order valence-electron chi connectivity index (χ0n) is 12.0. The standard InChI is InChI=1S/C17H17ClO3/c1-20-14-8-6-13(7-9-14)16(17(18)19)11-12-4-3-5-15(10-12)21-2/h3-10,16H,11H2,1-2H3/t16-/m0/s1. The van der Waals surface area contributed by atoms with Gasteiger partial charge in [0.15, 0.2) is 0 Å². The van der Waals surface area contributed by atoms with Crippen molar-refractivity contribution < 1.29 is 14.3 Å². The maximum absolute atomic E-state index is 11.8. The van der Waals surface area contributed by atoms with Gasteiger partial charge in [-0.3, -0.25) is 4.79 Å². The van der Waals surface area contributed by atoms with Crippen LogP contribution in [0.25, 0.3) is 0 Å². The van der Waals surface area contributed by atoms with Crippen LogP contribution in [0.4, 0.5) is 0 Å². The molecule has 0 unspecified atom stereocenters. The van der Waals surface area contributed by atoms with Crippen molar-refractivity contribution in [1.82, 2.24) is 0 Å². The van der Waals surface area contributed by atoms with E-state index in [1.165, 1.54) is 0 Å². The van der Waals surface area contributed by atoms with Gasteiger partial charge in [0.2, 0.25) is 5.24 Å². The molecule has 0 spiro atoms. The highest BCUT2D eigenvalue weighted by atomic mass is 35.5. The largest absolute Gasteiger partial charge is 0.497 e. The highest BCUT2D eigenvalue weighted by Gasteiger charge is 2.19. The molecule has 1 atom stereocenters. The summed E-state index contributed by atoms with van der Waals surface area (Å²) >= 11 is 5.77. The maximum Gasteiger partial charge on any atom is 0.229 e. The Kier molecular flexibility index (Phi) is 5.23. The lowest BCUT2D eigenvalue weighted by molar-refractivity contribution is -0.113. The van der Waals surface area contributed by atoms with Gasteiger partial charge in [-0.05, 0) is 53.4 Å². The van der Waals surface area contributed by atoms with Crippen LogP contribution in [0.5, 0.6) is 11.5 Å². The number of halogens is 1. The molecule has 2 rings (SSSR count).